The van der Waals surface area contributed by atoms with Crippen molar-refractivity contribution in [3.63, 3.8) is 0 Å². The van der Waals surface area contributed by atoms with E-state index in [0.717, 1.165) is 75.7 Å². The zero-order valence-electron chi connectivity index (χ0n) is 33.6. The van der Waals surface area contributed by atoms with Gasteiger partial charge in [0.15, 0.2) is 0 Å². The maximum absolute atomic E-state index is 13.0. The van der Waals surface area contributed by atoms with Crippen molar-refractivity contribution in [3.05, 3.63) is 71.8 Å². The molecule has 300 valence electrons. The first-order valence-corrected chi connectivity index (χ1v) is 20.3. The van der Waals surface area contributed by atoms with E-state index in [-0.39, 0.29) is 48.1 Å². The number of hydrogen-bond donors (Lipinski definition) is 2. The van der Waals surface area contributed by atoms with Gasteiger partial charge in [-0.2, -0.15) is 0 Å². The highest BCUT2D eigenvalue weighted by Crippen LogP contribution is 2.47. The van der Waals surface area contributed by atoms with E-state index in [1.807, 2.05) is 60.7 Å². The topological polar surface area (TPSA) is 114 Å². The predicted octanol–water partition coefficient (Wildman–Crippen LogP) is 6.64. The van der Waals surface area contributed by atoms with Crippen LogP contribution in [0, 0.1) is 22.7 Å². The molecule has 2 aromatic carbocycles. The molecular weight excluding hydrogens is 684 g/mol. The zero-order chi connectivity index (χ0) is 38.6. The van der Waals surface area contributed by atoms with Crippen LogP contribution in [0.4, 0.5) is 0 Å². The predicted molar refractivity (Wildman–Crippen MR) is 209 cm³/mol. The van der Waals surface area contributed by atoms with E-state index in [1.165, 1.54) is 0 Å². The summed E-state index contributed by atoms with van der Waals surface area (Å²) in [6.07, 6.45) is 7.44. The highest BCUT2D eigenvalue weighted by Gasteiger charge is 2.50. The quantitative estimate of drug-likeness (QED) is 0.204. The molecule has 0 bridgehead atoms. The molecule has 4 aliphatic rings. The van der Waals surface area contributed by atoms with Gasteiger partial charge in [0.25, 0.3) is 0 Å². The van der Waals surface area contributed by atoms with Crippen LogP contribution in [0.5, 0.6) is 0 Å². The van der Waals surface area contributed by atoms with Gasteiger partial charge in [0.2, 0.25) is 0 Å². The van der Waals surface area contributed by atoms with Gasteiger partial charge in [0.05, 0.1) is 36.3 Å². The minimum absolute atomic E-state index is 0.0547. The number of hydrogen-bond acceptors (Lipinski definition) is 10. The van der Waals surface area contributed by atoms with Gasteiger partial charge < -0.3 is 39.1 Å². The second-order valence-corrected chi connectivity index (χ2v) is 16.4. The Morgan fingerprint density at radius 2 is 1.04 bits per heavy atom. The second kappa shape index (κ2) is 20.3. The average Bonchev–Trinajstić information content (AvgIpc) is 3.84. The van der Waals surface area contributed by atoms with E-state index in [2.05, 4.69) is 38.3 Å². The zero-order valence-corrected chi connectivity index (χ0v) is 33.6. The maximum Gasteiger partial charge on any atom is 0.312 e. The molecule has 2 saturated heterocycles. The van der Waals surface area contributed by atoms with E-state index < -0.39 is 10.8 Å². The number of benzene rings is 2. The fourth-order valence-electron chi connectivity index (χ4n) is 8.94. The molecule has 0 spiro atoms. The van der Waals surface area contributed by atoms with Crippen molar-refractivity contribution in [2.75, 3.05) is 40.6 Å². The lowest BCUT2D eigenvalue weighted by molar-refractivity contribution is -0.161. The van der Waals surface area contributed by atoms with Crippen molar-refractivity contribution < 1.29 is 38.0 Å². The molecule has 8 atom stereocenters. The van der Waals surface area contributed by atoms with Crippen LogP contribution in [-0.2, 0) is 51.2 Å². The minimum Gasteiger partial charge on any atom is -0.460 e. The Labute approximate surface area is 323 Å². The number of carbonyl (C=O) groups is 2. The first-order chi connectivity index (χ1) is 26.1. The summed E-state index contributed by atoms with van der Waals surface area (Å²) in [6, 6.07) is 21.0. The third-order valence-electron chi connectivity index (χ3n) is 12.7. The molecule has 6 rings (SSSR count). The normalized spacial score (nSPS) is 31.2. The fraction of sp³-hybridized carbons (Fsp3) is 0.682. The smallest absolute Gasteiger partial charge is 0.312 e. The summed E-state index contributed by atoms with van der Waals surface area (Å²) in [6.45, 7) is 12.0. The second-order valence-electron chi connectivity index (χ2n) is 16.4. The van der Waals surface area contributed by atoms with Gasteiger partial charge in [-0.25, -0.2) is 0 Å². The van der Waals surface area contributed by atoms with Gasteiger partial charge in [0.1, 0.15) is 13.2 Å². The molecule has 0 amide bonds. The van der Waals surface area contributed by atoms with Crippen LogP contribution in [-0.4, -0.2) is 89.0 Å². The van der Waals surface area contributed by atoms with Crippen molar-refractivity contribution in [2.24, 2.45) is 22.7 Å². The van der Waals surface area contributed by atoms with Crippen molar-refractivity contribution in [2.45, 2.75) is 129 Å². The van der Waals surface area contributed by atoms with E-state index in [1.54, 1.807) is 14.2 Å². The molecule has 4 fully saturated rings. The van der Waals surface area contributed by atoms with Crippen LogP contribution in [0.2, 0.25) is 0 Å². The van der Waals surface area contributed by atoms with E-state index in [0.29, 0.717) is 38.5 Å². The first-order valence-electron chi connectivity index (χ1n) is 20.3. The van der Waals surface area contributed by atoms with Gasteiger partial charge in [-0.15, -0.1) is 0 Å². The first kappa shape index (κ1) is 42.3. The molecule has 2 N–H and O–H groups in total. The van der Waals surface area contributed by atoms with Crippen molar-refractivity contribution in [1.29, 1.82) is 0 Å². The van der Waals surface area contributed by atoms with E-state index >= 15 is 0 Å². The van der Waals surface area contributed by atoms with Crippen LogP contribution in [0.15, 0.2) is 60.7 Å². The van der Waals surface area contributed by atoms with Crippen molar-refractivity contribution in [3.8, 4) is 0 Å². The largest absolute Gasteiger partial charge is 0.460 e. The fourth-order valence-corrected chi connectivity index (χ4v) is 8.94. The molecule has 0 unspecified atom stereocenters. The average molecular weight is 751 g/mol. The molecular formula is C44H66N2O8. The summed E-state index contributed by atoms with van der Waals surface area (Å²) in [5.41, 5.74) is 1.26. The van der Waals surface area contributed by atoms with Crippen LogP contribution in [0.25, 0.3) is 0 Å². The summed E-state index contributed by atoms with van der Waals surface area (Å²) in [5, 5.41) is 7.49. The monoisotopic (exact) mass is 750 g/mol. The third kappa shape index (κ3) is 10.7. The molecule has 0 aromatic heterocycles. The van der Waals surface area contributed by atoms with Gasteiger partial charge in [0, 0.05) is 51.6 Å². The Kier molecular flexibility index (Phi) is 15.9. The molecule has 2 aliphatic heterocycles. The van der Waals surface area contributed by atoms with Gasteiger partial charge in [-0.1, -0.05) is 88.4 Å². The van der Waals surface area contributed by atoms with E-state index in [4.69, 9.17) is 28.4 Å². The van der Waals surface area contributed by atoms with Crippen LogP contribution in [0.3, 0.4) is 0 Å². The van der Waals surface area contributed by atoms with Crippen molar-refractivity contribution >= 4 is 11.9 Å². The molecule has 10 nitrogen and oxygen atoms in total. The Morgan fingerprint density at radius 1 is 0.648 bits per heavy atom. The highest BCUT2D eigenvalue weighted by atomic mass is 16.5. The summed E-state index contributed by atoms with van der Waals surface area (Å²) in [7, 11) is 3.48. The summed E-state index contributed by atoms with van der Waals surface area (Å²) in [5.74, 6) is 0.391. The summed E-state index contributed by atoms with van der Waals surface area (Å²) >= 11 is 0. The number of rotatable bonds is 14. The lowest BCUT2D eigenvalue weighted by Gasteiger charge is -2.35. The lowest BCUT2D eigenvalue weighted by atomic mass is 9.75. The highest BCUT2D eigenvalue weighted by molar-refractivity contribution is 5.78. The molecule has 2 heterocycles. The van der Waals surface area contributed by atoms with E-state index in [9.17, 15) is 9.59 Å². The Hall–Kier alpha value is -2.86. The van der Waals surface area contributed by atoms with Gasteiger partial charge in [-0.3, -0.25) is 9.59 Å². The molecule has 54 heavy (non-hydrogen) atoms. The minimum atomic E-state index is -0.403. The molecule has 2 aliphatic carbocycles. The number of methoxy groups -OCH3 is 2. The SMILES string of the molecule is CO[C@@H]1COCC[C@@H]1N[C@@H]1CC[C@@](C(=O)OCc2ccccc2)(C(C)C)C1.CO[C@H]1COCC[C@H]1N[C@@H]1CC[C@@](C(=O)OCc2ccccc2)(C(C)C)C1. The number of carbonyl (C=O) groups excluding carboxylic acids is 2. The maximum atomic E-state index is 13.0. The molecule has 0 radical (unpaired) electrons. The summed E-state index contributed by atoms with van der Waals surface area (Å²) in [4.78, 5) is 26.1. The van der Waals surface area contributed by atoms with Gasteiger partial charge >= 0.3 is 11.9 Å². The number of esters is 2. The molecule has 2 aromatic rings. The van der Waals surface area contributed by atoms with Crippen molar-refractivity contribution in [1.82, 2.24) is 10.6 Å². The molecule has 2 saturated carbocycles. The van der Waals surface area contributed by atoms with Crippen LogP contribution < -0.4 is 10.6 Å². The number of nitrogens with one attached hydrogen (secondary N) is 2. The summed E-state index contributed by atoms with van der Waals surface area (Å²) < 4.78 is 33.7. The van der Waals surface area contributed by atoms with Crippen LogP contribution in [0.1, 0.15) is 90.2 Å². The van der Waals surface area contributed by atoms with Gasteiger partial charge in [-0.05, 0) is 74.3 Å². The Bertz CT molecular complexity index is 1320. The van der Waals surface area contributed by atoms with Crippen LogP contribution >= 0.6 is 0 Å². The number of ether oxygens (including phenoxy) is 6. The molecule has 10 heteroatoms. The lowest BCUT2D eigenvalue weighted by Crippen LogP contribution is -2.51. The Balaban J connectivity index is 0.000000208. The Morgan fingerprint density at radius 3 is 1.39 bits per heavy atom. The third-order valence-corrected chi connectivity index (χ3v) is 12.7. The standard InChI is InChI=1S/2C22H33NO4/c2*1-16(2)22(21(24)27-14-17-7-5-4-6-8-17)11-9-18(13-22)23-19-10-12-26-15-20(19)25-3/h2*4-8,16,18-20,23H,9-15H2,1-3H3/t18-,19+,20-,22+;18-,19-,20+,22+/m11/s1.